The largest absolute Gasteiger partial charge is 0.481 e. The molecule has 0 saturated heterocycles. The summed E-state index contributed by atoms with van der Waals surface area (Å²) in [4.78, 5) is 36.8. The molecule has 1 aromatic rings. The molecular weight excluding hydrogens is 310 g/mol. The van der Waals surface area contributed by atoms with E-state index < -0.39 is 23.6 Å². The summed E-state index contributed by atoms with van der Waals surface area (Å²) in [7, 11) is 0. The summed E-state index contributed by atoms with van der Waals surface area (Å²) in [5.41, 5.74) is 0.199. The molecule has 1 aromatic carbocycles. The Hall–Kier alpha value is -2.37. The van der Waals surface area contributed by atoms with Crippen molar-refractivity contribution in [2.75, 3.05) is 0 Å². The minimum Gasteiger partial charge on any atom is -0.481 e. The zero-order valence-corrected chi connectivity index (χ0v) is 14.6. The van der Waals surface area contributed by atoms with Crippen LogP contribution < -0.4 is 0 Å². The Labute approximate surface area is 142 Å². The van der Waals surface area contributed by atoms with Gasteiger partial charge in [-0.15, -0.1) is 0 Å². The van der Waals surface area contributed by atoms with Crippen molar-refractivity contribution in [3.8, 4) is 0 Å². The molecule has 0 heterocycles. The summed E-state index contributed by atoms with van der Waals surface area (Å²) < 4.78 is 5.34. The quantitative estimate of drug-likeness (QED) is 0.774. The number of benzene rings is 1. The van der Waals surface area contributed by atoms with Crippen LogP contribution in [0.3, 0.4) is 0 Å². The number of carbonyl (C=O) groups excluding carboxylic acids is 2. The molecule has 0 aliphatic heterocycles. The van der Waals surface area contributed by atoms with Gasteiger partial charge >= 0.3 is 11.9 Å². The number of aliphatic carboxylic acids is 1. The molecule has 1 rings (SSSR count). The van der Waals surface area contributed by atoms with E-state index in [-0.39, 0.29) is 25.3 Å². The van der Waals surface area contributed by atoms with Gasteiger partial charge in [-0.05, 0) is 33.3 Å². The third-order valence-corrected chi connectivity index (χ3v) is 3.28. The lowest BCUT2D eigenvalue weighted by molar-refractivity contribution is -0.164. The lowest BCUT2D eigenvalue weighted by Crippen LogP contribution is -2.45. The van der Waals surface area contributed by atoms with Crippen LogP contribution in [0.15, 0.2) is 30.3 Å². The van der Waals surface area contributed by atoms with Crippen LogP contribution in [0.25, 0.3) is 0 Å². The van der Waals surface area contributed by atoms with Gasteiger partial charge in [-0.25, -0.2) is 4.79 Å². The van der Waals surface area contributed by atoms with E-state index in [0.29, 0.717) is 0 Å². The molecule has 6 heteroatoms. The van der Waals surface area contributed by atoms with Gasteiger partial charge in [0, 0.05) is 13.0 Å². The summed E-state index contributed by atoms with van der Waals surface area (Å²) in [5, 5.41) is 8.77. The first-order chi connectivity index (χ1) is 11.1. The molecular formula is C18H25NO5. The Morgan fingerprint density at radius 2 is 1.71 bits per heavy atom. The first-order valence-electron chi connectivity index (χ1n) is 7.88. The first-order valence-corrected chi connectivity index (χ1v) is 7.88. The smallest absolute Gasteiger partial charge is 0.329 e. The Morgan fingerprint density at radius 1 is 1.12 bits per heavy atom. The van der Waals surface area contributed by atoms with Crippen molar-refractivity contribution in [2.24, 2.45) is 0 Å². The molecule has 0 bridgehead atoms. The second kappa shape index (κ2) is 8.47. The van der Waals surface area contributed by atoms with Crippen LogP contribution in [0.1, 0.15) is 46.1 Å². The summed E-state index contributed by atoms with van der Waals surface area (Å²) in [6.45, 7) is 7.08. The highest BCUT2D eigenvalue weighted by Crippen LogP contribution is 2.15. The van der Waals surface area contributed by atoms with Gasteiger partial charge in [0.25, 0.3) is 0 Å². The van der Waals surface area contributed by atoms with Gasteiger partial charge in [-0.1, -0.05) is 30.3 Å². The van der Waals surface area contributed by atoms with Crippen LogP contribution in [0.2, 0.25) is 0 Å². The molecule has 0 radical (unpaired) electrons. The number of hydrogen-bond acceptors (Lipinski definition) is 4. The zero-order chi connectivity index (χ0) is 18.3. The number of esters is 1. The normalized spacial score (nSPS) is 12.3. The van der Waals surface area contributed by atoms with Crippen molar-refractivity contribution in [3.05, 3.63) is 35.9 Å². The summed E-state index contributed by atoms with van der Waals surface area (Å²) in [5.74, 6) is -1.95. The zero-order valence-electron chi connectivity index (χ0n) is 14.6. The number of ether oxygens (including phenoxy) is 1. The number of carboxylic acids is 1. The van der Waals surface area contributed by atoms with Crippen molar-refractivity contribution < 1.29 is 24.2 Å². The molecule has 0 aliphatic carbocycles. The van der Waals surface area contributed by atoms with Crippen molar-refractivity contribution in [2.45, 2.75) is 58.7 Å². The summed E-state index contributed by atoms with van der Waals surface area (Å²) >= 11 is 0. The third kappa shape index (κ3) is 6.81. The molecule has 0 unspecified atom stereocenters. The molecule has 1 amide bonds. The van der Waals surface area contributed by atoms with Crippen molar-refractivity contribution in [1.82, 2.24) is 4.90 Å². The van der Waals surface area contributed by atoms with E-state index in [9.17, 15) is 14.4 Å². The molecule has 0 aliphatic rings. The molecule has 6 nitrogen and oxygen atoms in total. The molecule has 0 saturated carbocycles. The maximum atomic E-state index is 12.4. The van der Waals surface area contributed by atoms with Crippen LogP contribution in [0.4, 0.5) is 0 Å². The average Bonchev–Trinajstić information content (AvgIpc) is 2.49. The Balaban J connectivity index is 2.92. The predicted octanol–water partition coefficient (Wildman–Crippen LogP) is 2.61. The fraction of sp³-hybridized carbons (Fsp3) is 0.500. The fourth-order valence-corrected chi connectivity index (χ4v) is 2.09. The Bertz CT molecular complexity index is 577. The van der Waals surface area contributed by atoms with Gasteiger partial charge in [0.2, 0.25) is 5.91 Å². The van der Waals surface area contributed by atoms with Crippen molar-refractivity contribution >= 4 is 17.8 Å². The number of hydrogen-bond donors (Lipinski definition) is 1. The van der Waals surface area contributed by atoms with E-state index in [2.05, 4.69) is 0 Å². The lowest BCUT2D eigenvalue weighted by Gasteiger charge is -2.30. The number of carboxylic acid groups (broad SMARTS) is 1. The van der Waals surface area contributed by atoms with E-state index in [1.807, 2.05) is 30.3 Å². The monoisotopic (exact) mass is 335 g/mol. The molecule has 0 aromatic heterocycles. The molecule has 1 N–H and O–H groups in total. The molecule has 0 spiro atoms. The molecule has 132 valence electrons. The van der Waals surface area contributed by atoms with Gasteiger partial charge in [-0.2, -0.15) is 0 Å². The van der Waals surface area contributed by atoms with E-state index in [1.54, 1.807) is 27.7 Å². The Kier molecular flexibility index (Phi) is 6.95. The van der Waals surface area contributed by atoms with Gasteiger partial charge in [0.1, 0.15) is 11.6 Å². The van der Waals surface area contributed by atoms with E-state index >= 15 is 0 Å². The summed E-state index contributed by atoms with van der Waals surface area (Å²) in [6, 6.07) is 8.43. The average molecular weight is 335 g/mol. The minimum atomic E-state index is -1.05. The maximum absolute atomic E-state index is 12.4. The predicted molar refractivity (Wildman–Crippen MR) is 89.2 cm³/mol. The second-order valence-electron chi connectivity index (χ2n) is 6.61. The van der Waals surface area contributed by atoms with E-state index in [1.165, 1.54) is 4.90 Å². The lowest BCUT2D eigenvalue weighted by atomic mass is 10.1. The Morgan fingerprint density at radius 3 is 2.21 bits per heavy atom. The number of rotatable bonds is 7. The van der Waals surface area contributed by atoms with Gasteiger partial charge < -0.3 is 14.7 Å². The van der Waals surface area contributed by atoms with Gasteiger partial charge in [0.15, 0.2) is 0 Å². The van der Waals surface area contributed by atoms with Crippen molar-refractivity contribution in [1.29, 1.82) is 0 Å². The SMILES string of the molecule is C[C@@H](C(=O)OC(C)(C)C)N(Cc1ccccc1)C(=O)CCC(=O)O. The van der Waals surface area contributed by atoms with E-state index in [0.717, 1.165) is 5.56 Å². The minimum absolute atomic E-state index is 0.157. The van der Waals surface area contributed by atoms with Crippen LogP contribution >= 0.6 is 0 Å². The number of nitrogens with zero attached hydrogens (tertiary/aromatic N) is 1. The van der Waals surface area contributed by atoms with Crippen LogP contribution in [0.5, 0.6) is 0 Å². The summed E-state index contributed by atoms with van der Waals surface area (Å²) in [6.07, 6.45) is -0.430. The van der Waals surface area contributed by atoms with Crippen molar-refractivity contribution in [3.63, 3.8) is 0 Å². The first kappa shape index (κ1) is 19.7. The topological polar surface area (TPSA) is 83.9 Å². The molecule has 24 heavy (non-hydrogen) atoms. The van der Waals surface area contributed by atoms with Gasteiger partial charge in [0.05, 0.1) is 6.42 Å². The molecule has 1 atom stereocenters. The van der Waals surface area contributed by atoms with E-state index in [4.69, 9.17) is 9.84 Å². The van der Waals surface area contributed by atoms with Crippen LogP contribution in [0, 0.1) is 0 Å². The highest BCUT2D eigenvalue weighted by molar-refractivity contribution is 5.86. The van der Waals surface area contributed by atoms with Crippen LogP contribution in [-0.4, -0.2) is 39.5 Å². The fourth-order valence-electron chi connectivity index (χ4n) is 2.09. The third-order valence-electron chi connectivity index (χ3n) is 3.28. The highest BCUT2D eigenvalue weighted by atomic mass is 16.6. The second-order valence-corrected chi connectivity index (χ2v) is 6.61. The highest BCUT2D eigenvalue weighted by Gasteiger charge is 2.30. The number of carbonyl (C=O) groups is 3. The van der Waals surface area contributed by atoms with Crippen LogP contribution in [-0.2, 0) is 25.7 Å². The number of amides is 1. The maximum Gasteiger partial charge on any atom is 0.329 e. The standard InChI is InChI=1S/C18H25NO5/c1-13(17(23)24-18(2,3)4)19(15(20)10-11-16(21)22)12-14-8-6-5-7-9-14/h5-9,13H,10-12H2,1-4H3,(H,21,22)/t13-/m0/s1. The van der Waals surface area contributed by atoms with Gasteiger partial charge in [-0.3, -0.25) is 9.59 Å². The molecule has 0 fully saturated rings.